The summed E-state index contributed by atoms with van der Waals surface area (Å²) in [7, 11) is 0. The van der Waals surface area contributed by atoms with E-state index in [1.807, 2.05) is 4.57 Å². The molecule has 0 aromatic carbocycles. The zero-order valence-electron chi connectivity index (χ0n) is 11.1. The first kappa shape index (κ1) is 13.1. The Morgan fingerprint density at radius 1 is 1.61 bits per heavy atom. The molecule has 1 unspecified atom stereocenters. The standard InChI is InChI=1S/C13H22N4O/c1-9(2)5-11(14)12-6-15-8-17(12)7-13(18)16-10-3-4-10/h6,8-11H,3-5,7,14H2,1-2H3,(H,16,18). The molecule has 1 amide bonds. The fourth-order valence-electron chi connectivity index (χ4n) is 2.06. The summed E-state index contributed by atoms with van der Waals surface area (Å²) in [6.45, 7) is 4.60. The van der Waals surface area contributed by atoms with Crippen LogP contribution in [0.1, 0.15) is 44.8 Å². The van der Waals surface area contributed by atoms with Gasteiger partial charge in [0.05, 0.1) is 12.0 Å². The van der Waals surface area contributed by atoms with E-state index in [-0.39, 0.29) is 11.9 Å². The molecule has 100 valence electrons. The molecule has 5 nitrogen and oxygen atoms in total. The topological polar surface area (TPSA) is 72.9 Å². The van der Waals surface area contributed by atoms with E-state index in [2.05, 4.69) is 24.1 Å². The van der Waals surface area contributed by atoms with E-state index in [0.29, 0.717) is 18.5 Å². The molecule has 1 aromatic heterocycles. The van der Waals surface area contributed by atoms with Gasteiger partial charge in [0.15, 0.2) is 0 Å². The molecule has 1 saturated carbocycles. The van der Waals surface area contributed by atoms with E-state index in [0.717, 1.165) is 25.0 Å². The summed E-state index contributed by atoms with van der Waals surface area (Å²) in [5.41, 5.74) is 7.08. The molecule has 18 heavy (non-hydrogen) atoms. The maximum absolute atomic E-state index is 11.8. The second-order valence-electron chi connectivity index (χ2n) is 5.52. The van der Waals surface area contributed by atoms with Crippen molar-refractivity contribution in [3.05, 3.63) is 18.2 Å². The molecule has 0 saturated heterocycles. The second-order valence-corrected chi connectivity index (χ2v) is 5.52. The minimum atomic E-state index is -0.0544. The third-order valence-electron chi connectivity index (χ3n) is 3.11. The van der Waals surface area contributed by atoms with Gasteiger partial charge in [0.25, 0.3) is 0 Å². The molecule has 0 spiro atoms. The molecule has 2 rings (SSSR count). The van der Waals surface area contributed by atoms with Crippen molar-refractivity contribution < 1.29 is 4.79 Å². The lowest BCUT2D eigenvalue weighted by atomic mass is 10.0. The molecule has 1 aromatic rings. The summed E-state index contributed by atoms with van der Waals surface area (Å²) < 4.78 is 1.85. The Labute approximate surface area is 108 Å². The number of nitrogens with one attached hydrogen (secondary N) is 1. The van der Waals surface area contributed by atoms with E-state index in [1.165, 1.54) is 0 Å². The summed E-state index contributed by atoms with van der Waals surface area (Å²) in [6, 6.07) is 0.343. The van der Waals surface area contributed by atoms with Gasteiger partial charge < -0.3 is 15.6 Å². The second kappa shape index (κ2) is 5.52. The van der Waals surface area contributed by atoms with Gasteiger partial charge in [-0.15, -0.1) is 0 Å². The molecule has 1 atom stereocenters. The summed E-state index contributed by atoms with van der Waals surface area (Å²) in [5.74, 6) is 0.581. The number of carbonyl (C=O) groups excluding carboxylic acids is 1. The monoisotopic (exact) mass is 250 g/mol. The van der Waals surface area contributed by atoms with Crippen molar-refractivity contribution in [1.82, 2.24) is 14.9 Å². The van der Waals surface area contributed by atoms with Crippen LogP contribution in [0.15, 0.2) is 12.5 Å². The van der Waals surface area contributed by atoms with Crippen molar-refractivity contribution in [2.45, 2.75) is 51.7 Å². The fraction of sp³-hybridized carbons (Fsp3) is 0.692. The Morgan fingerprint density at radius 3 is 2.94 bits per heavy atom. The van der Waals surface area contributed by atoms with Crippen LogP contribution in [-0.4, -0.2) is 21.5 Å². The number of nitrogens with two attached hydrogens (primary N) is 1. The number of aromatic nitrogens is 2. The summed E-state index contributed by atoms with van der Waals surface area (Å²) in [5, 5.41) is 2.97. The SMILES string of the molecule is CC(C)CC(N)c1cncn1CC(=O)NC1CC1. The van der Waals surface area contributed by atoms with E-state index in [9.17, 15) is 4.79 Å². The minimum Gasteiger partial charge on any atom is -0.352 e. The molecule has 0 aliphatic heterocycles. The van der Waals surface area contributed by atoms with Crippen molar-refractivity contribution in [1.29, 1.82) is 0 Å². The number of rotatable bonds is 6. The first-order valence-corrected chi connectivity index (χ1v) is 6.61. The number of imidazole rings is 1. The Hall–Kier alpha value is -1.36. The number of nitrogens with zero attached hydrogens (tertiary/aromatic N) is 2. The van der Waals surface area contributed by atoms with Crippen LogP contribution in [0.2, 0.25) is 0 Å². The number of carbonyl (C=O) groups is 1. The van der Waals surface area contributed by atoms with Crippen molar-refractivity contribution in [2.24, 2.45) is 11.7 Å². The summed E-state index contributed by atoms with van der Waals surface area (Å²) in [4.78, 5) is 15.9. The lowest BCUT2D eigenvalue weighted by Gasteiger charge is -2.16. The molecule has 3 N–H and O–H groups in total. The van der Waals surface area contributed by atoms with Crippen molar-refractivity contribution in [3.8, 4) is 0 Å². The quantitative estimate of drug-likeness (QED) is 0.797. The third-order valence-corrected chi connectivity index (χ3v) is 3.11. The van der Waals surface area contributed by atoms with Crippen LogP contribution in [-0.2, 0) is 11.3 Å². The van der Waals surface area contributed by atoms with Gasteiger partial charge in [0.1, 0.15) is 6.54 Å². The summed E-state index contributed by atoms with van der Waals surface area (Å²) >= 11 is 0. The number of hydrogen-bond donors (Lipinski definition) is 2. The first-order valence-electron chi connectivity index (χ1n) is 6.61. The smallest absolute Gasteiger partial charge is 0.240 e. The Morgan fingerprint density at radius 2 is 2.33 bits per heavy atom. The zero-order chi connectivity index (χ0) is 13.1. The maximum atomic E-state index is 11.8. The van der Waals surface area contributed by atoms with Gasteiger partial charge in [-0.25, -0.2) is 4.98 Å². The lowest BCUT2D eigenvalue weighted by molar-refractivity contribution is -0.121. The maximum Gasteiger partial charge on any atom is 0.240 e. The van der Waals surface area contributed by atoms with Gasteiger partial charge in [-0.2, -0.15) is 0 Å². The lowest BCUT2D eigenvalue weighted by Crippen LogP contribution is -2.30. The zero-order valence-corrected chi connectivity index (χ0v) is 11.1. The van der Waals surface area contributed by atoms with Gasteiger partial charge in [0.2, 0.25) is 5.91 Å². The molecule has 0 radical (unpaired) electrons. The minimum absolute atomic E-state index is 0.0495. The molecule has 1 aliphatic carbocycles. The Kier molecular flexibility index (Phi) is 4.01. The van der Waals surface area contributed by atoms with Crippen LogP contribution >= 0.6 is 0 Å². The van der Waals surface area contributed by atoms with E-state index < -0.39 is 0 Å². The highest BCUT2D eigenvalue weighted by molar-refractivity contribution is 5.76. The third kappa shape index (κ3) is 3.57. The van der Waals surface area contributed by atoms with Crippen LogP contribution in [0.4, 0.5) is 0 Å². The van der Waals surface area contributed by atoms with E-state index >= 15 is 0 Å². The van der Waals surface area contributed by atoms with Crippen molar-refractivity contribution >= 4 is 5.91 Å². The first-order chi connectivity index (χ1) is 8.56. The molecule has 1 heterocycles. The van der Waals surface area contributed by atoms with Crippen LogP contribution in [0.5, 0.6) is 0 Å². The predicted octanol–water partition coefficient (Wildman–Crippen LogP) is 1.21. The highest BCUT2D eigenvalue weighted by atomic mass is 16.2. The van der Waals surface area contributed by atoms with Gasteiger partial charge in [0, 0.05) is 18.3 Å². The molecule has 1 fully saturated rings. The van der Waals surface area contributed by atoms with Crippen LogP contribution in [0.25, 0.3) is 0 Å². The van der Waals surface area contributed by atoms with Gasteiger partial charge >= 0.3 is 0 Å². The summed E-state index contributed by atoms with van der Waals surface area (Å²) in [6.07, 6.45) is 6.56. The number of amides is 1. The van der Waals surface area contributed by atoms with Crippen molar-refractivity contribution in [2.75, 3.05) is 0 Å². The molecule has 1 aliphatic rings. The van der Waals surface area contributed by atoms with E-state index in [4.69, 9.17) is 5.73 Å². The average molecular weight is 250 g/mol. The van der Waals surface area contributed by atoms with E-state index in [1.54, 1.807) is 12.5 Å². The molecular weight excluding hydrogens is 228 g/mol. The fourth-order valence-corrected chi connectivity index (χ4v) is 2.06. The Bertz CT molecular complexity index is 409. The predicted molar refractivity (Wildman–Crippen MR) is 69.8 cm³/mol. The normalized spacial score (nSPS) is 16.9. The molecule has 5 heteroatoms. The van der Waals surface area contributed by atoms with Gasteiger partial charge in [-0.05, 0) is 25.2 Å². The Balaban J connectivity index is 1.95. The van der Waals surface area contributed by atoms with Gasteiger partial charge in [-0.3, -0.25) is 4.79 Å². The highest BCUT2D eigenvalue weighted by Crippen LogP contribution is 2.20. The van der Waals surface area contributed by atoms with Crippen LogP contribution in [0, 0.1) is 5.92 Å². The van der Waals surface area contributed by atoms with Crippen LogP contribution < -0.4 is 11.1 Å². The van der Waals surface area contributed by atoms with Crippen molar-refractivity contribution in [3.63, 3.8) is 0 Å². The largest absolute Gasteiger partial charge is 0.352 e. The average Bonchev–Trinajstić information content (AvgIpc) is 2.93. The number of hydrogen-bond acceptors (Lipinski definition) is 3. The van der Waals surface area contributed by atoms with Gasteiger partial charge in [-0.1, -0.05) is 13.8 Å². The van der Waals surface area contributed by atoms with Crippen LogP contribution in [0.3, 0.4) is 0 Å². The molecular formula is C13H22N4O. The molecule has 0 bridgehead atoms. The highest BCUT2D eigenvalue weighted by Gasteiger charge is 2.23.